The van der Waals surface area contributed by atoms with Gasteiger partial charge in [0, 0.05) is 19.3 Å². The van der Waals surface area contributed by atoms with Crippen LogP contribution in [0.1, 0.15) is 38.7 Å². The lowest BCUT2D eigenvalue weighted by molar-refractivity contribution is -0.124. The van der Waals surface area contributed by atoms with Crippen LogP contribution in [0.3, 0.4) is 0 Å². The molecule has 1 amide bonds. The zero-order valence-electron chi connectivity index (χ0n) is 13.8. The average Bonchev–Trinajstić information content (AvgIpc) is 2.45. The van der Waals surface area contributed by atoms with Crippen LogP contribution >= 0.6 is 0 Å². The second-order valence-corrected chi connectivity index (χ2v) is 5.93. The quantitative estimate of drug-likeness (QED) is 0.735. The Balaban J connectivity index is 2.54. The second-order valence-electron chi connectivity index (χ2n) is 5.93. The molecule has 0 saturated heterocycles. The number of hydrogen-bond donors (Lipinski definition) is 2. The van der Waals surface area contributed by atoms with Gasteiger partial charge in [0.1, 0.15) is 0 Å². The van der Waals surface area contributed by atoms with Crippen LogP contribution in [0.4, 0.5) is 5.69 Å². The van der Waals surface area contributed by atoms with Crippen LogP contribution < -0.4 is 16.0 Å². The molecule has 0 aliphatic carbocycles. The molecule has 1 aromatic carbocycles. The van der Waals surface area contributed by atoms with Crippen molar-refractivity contribution >= 4 is 11.6 Å². The summed E-state index contributed by atoms with van der Waals surface area (Å²) in [5, 5.41) is 3.28. The Kier molecular flexibility index (Phi) is 6.69. The highest BCUT2D eigenvalue weighted by atomic mass is 16.1. The Hall–Kier alpha value is -1.55. The molecule has 4 nitrogen and oxygen atoms in total. The molecule has 0 aliphatic rings. The summed E-state index contributed by atoms with van der Waals surface area (Å²) in [6.45, 7) is 7.82. The molecule has 0 saturated carbocycles. The number of hydrogen-bond acceptors (Lipinski definition) is 3. The Bertz CT molecular complexity index is 461. The Labute approximate surface area is 128 Å². The third-order valence-electron chi connectivity index (χ3n) is 4.01. The number of nitrogens with one attached hydrogen (secondary N) is 1. The SMILES string of the molecule is CCCNC(C)(CCCN(C)c1ccccc1C)C(N)=O. The fourth-order valence-electron chi connectivity index (χ4n) is 2.48. The Morgan fingerprint density at radius 2 is 2.05 bits per heavy atom. The molecule has 3 N–H and O–H groups in total. The molecule has 0 radical (unpaired) electrons. The molecular weight excluding hydrogens is 262 g/mol. The summed E-state index contributed by atoms with van der Waals surface area (Å²) in [4.78, 5) is 13.9. The number of para-hydroxylation sites is 1. The smallest absolute Gasteiger partial charge is 0.237 e. The molecule has 0 fully saturated rings. The van der Waals surface area contributed by atoms with Gasteiger partial charge in [0.2, 0.25) is 5.91 Å². The van der Waals surface area contributed by atoms with Gasteiger partial charge in [-0.2, -0.15) is 0 Å². The van der Waals surface area contributed by atoms with Gasteiger partial charge in [-0.1, -0.05) is 25.1 Å². The predicted octanol–water partition coefficient (Wildman–Crippen LogP) is 2.46. The third kappa shape index (κ3) is 5.05. The Morgan fingerprint density at radius 3 is 2.62 bits per heavy atom. The van der Waals surface area contributed by atoms with Crippen molar-refractivity contribution in [2.45, 2.75) is 45.6 Å². The van der Waals surface area contributed by atoms with E-state index in [4.69, 9.17) is 5.73 Å². The fraction of sp³-hybridized carbons (Fsp3) is 0.588. The number of anilines is 1. The number of primary amides is 1. The topological polar surface area (TPSA) is 58.4 Å². The first kappa shape index (κ1) is 17.5. The number of carbonyl (C=O) groups excluding carboxylic acids is 1. The maximum atomic E-state index is 11.7. The molecular formula is C17H29N3O. The standard InChI is InChI=1S/C17H29N3O/c1-5-12-19-17(3,16(18)21)11-8-13-20(4)15-10-7-6-9-14(15)2/h6-7,9-10,19H,5,8,11-13H2,1-4H3,(H2,18,21). The highest BCUT2D eigenvalue weighted by Crippen LogP contribution is 2.19. The fourth-order valence-corrected chi connectivity index (χ4v) is 2.48. The van der Waals surface area contributed by atoms with E-state index in [9.17, 15) is 4.79 Å². The van der Waals surface area contributed by atoms with Crippen molar-refractivity contribution in [2.75, 3.05) is 25.0 Å². The lowest BCUT2D eigenvalue weighted by Gasteiger charge is -2.29. The van der Waals surface area contributed by atoms with Crippen LogP contribution in [0, 0.1) is 6.92 Å². The van der Waals surface area contributed by atoms with Crippen LogP contribution in [0.15, 0.2) is 24.3 Å². The Morgan fingerprint density at radius 1 is 1.38 bits per heavy atom. The zero-order valence-corrected chi connectivity index (χ0v) is 13.8. The number of aryl methyl sites for hydroxylation is 1. The van der Waals surface area contributed by atoms with Gasteiger partial charge in [-0.25, -0.2) is 0 Å². The summed E-state index contributed by atoms with van der Waals surface area (Å²) < 4.78 is 0. The van der Waals surface area contributed by atoms with Gasteiger partial charge in [0.05, 0.1) is 5.54 Å². The van der Waals surface area contributed by atoms with E-state index in [1.165, 1.54) is 11.3 Å². The summed E-state index contributed by atoms with van der Waals surface area (Å²) in [6, 6.07) is 8.33. The van der Waals surface area contributed by atoms with Gasteiger partial charge in [-0.05, 0) is 51.3 Å². The van der Waals surface area contributed by atoms with E-state index in [0.717, 1.165) is 32.4 Å². The predicted molar refractivity (Wildman–Crippen MR) is 89.6 cm³/mol. The van der Waals surface area contributed by atoms with E-state index >= 15 is 0 Å². The van der Waals surface area contributed by atoms with E-state index in [0.29, 0.717) is 0 Å². The average molecular weight is 291 g/mol. The zero-order chi connectivity index (χ0) is 15.9. The van der Waals surface area contributed by atoms with Crippen LogP contribution in [-0.2, 0) is 4.79 Å². The minimum Gasteiger partial charge on any atom is -0.374 e. The van der Waals surface area contributed by atoms with Crippen molar-refractivity contribution in [1.29, 1.82) is 0 Å². The minimum atomic E-state index is -0.609. The lowest BCUT2D eigenvalue weighted by Crippen LogP contribution is -2.53. The highest BCUT2D eigenvalue weighted by Gasteiger charge is 2.29. The van der Waals surface area contributed by atoms with Crippen LogP contribution in [0.25, 0.3) is 0 Å². The number of benzene rings is 1. The van der Waals surface area contributed by atoms with Crippen molar-refractivity contribution in [2.24, 2.45) is 5.73 Å². The van der Waals surface area contributed by atoms with Crippen LogP contribution in [0.2, 0.25) is 0 Å². The van der Waals surface area contributed by atoms with Gasteiger partial charge in [0.25, 0.3) is 0 Å². The highest BCUT2D eigenvalue weighted by molar-refractivity contribution is 5.84. The molecule has 1 unspecified atom stereocenters. The molecule has 1 atom stereocenters. The summed E-state index contributed by atoms with van der Waals surface area (Å²) >= 11 is 0. The summed E-state index contributed by atoms with van der Waals surface area (Å²) in [5.41, 5.74) is 7.44. The van der Waals surface area contributed by atoms with E-state index in [-0.39, 0.29) is 5.91 Å². The van der Waals surface area contributed by atoms with Crippen molar-refractivity contribution in [3.8, 4) is 0 Å². The number of carbonyl (C=O) groups is 1. The monoisotopic (exact) mass is 291 g/mol. The van der Waals surface area contributed by atoms with Gasteiger partial charge < -0.3 is 16.0 Å². The van der Waals surface area contributed by atoms with E-state index < -0.39 is 5.54 Å². The van der Waals surface area contributed by atoms with Gasteiger partial charge >= 0.3 is 0 Å². The molecule has 4 heteroatoms. The van der Waals surface area contributed by atoms with Crippen molar-refractivity contribution < 1.29 is 4.79 Å². The molecule has 1 aromatic rings. The number of nitrogens with two attached hydrogens (primary N) is 1. The summed E-state index contributed by atoms with van der Waals surface area (Å²) in [6.07, 6.45) is 2.66. The van der Waals surface area contributed by atoms with Crippen molar-refractivity contribution in [3.05, 3.63) is 29.8 Å². The molecule has 1 rings (SSSR count). The van der Waals surface area contributed by atoms with E-state index in [2.05, 4.69) is 49.3 Å². The molecule has 0 heterocycles. The van der Waals surface area contributed by atoms with E-state index in [1.807, 2.05) is 13.0 Å². The number of amides is 1. The molecule has 118 valence electrons. The lowest BCUT2D eigenvalue weighted by atomic mass is 9.94. The largest absolute Gasteiger partial charge is 0.374 e. The minimum absolute atomic E-state index is 0.269. The summed E-state index contributed by atoms with van der Waals surface area (Å²) in [5.74, 6) is -0.269. The first-order valence-corrected chi connectivity index (χ1v) is 7.72. The molecule has 0 spiro atoms. The second kappa shape index (κ2) is 8.03. The normalized spacial score (nSPS) is 13.7. The molecule has 0 bridgehead atoms. The van der Waals surface area contributed by atoms with Crippen molar-refractivity contribution in [3.63, 3.8) is 0 Å². The van der Waals surface area contributed by atoms with Crippen molar-refractivity contribution in [1.82, 2.24) is 5.32 Å². The first-order valence-electron chi connectivity index (χ1n) is 7.72. The number of nitrogens with zero attached hydrogens (tertiary/aromatic N) is 1. The molecule has 21 heavy (non-hydrogen) atoms. The first-order chi connectivity index (χ1) is 9.90. The van der Waals surface area contributed by atoms with Gasteiger partial charge in [-0.15, -0.1) is 0 Å². The van der Waals surface area contributed by atoms with Gasteiger partial charge in [0.15, 0.2) is 0 Å². The number of rotatable bonds is 9. The van der Waals surface area contributed by atoms with Crippen LogP contribution in [-0.4, -0.2) is 31.6 Å². The third-order valence-corrected chi connectivity index (χ3v) is 4.01. The molecule has 0 aromatic heterocycles. The maximum Gasteiger partial charge on any atom is 0.237 e. The summed E-state index contributed by atoms with van der Waals surface area (Å²) in [7, 11) is 2.09. The van der Waals surface area contributed by atoms with Gasteiger partial charge in [-0.3, -0.25) is 4.79 Å². The molecule has 0 aliphatic heterocycles. The maximum absolute atomic E-state index is 11.7. The van der Waals surface area contributed by atoms with Crippen LogP contribution in [0.5, 0.6) is 0 Å². The van der Waals surface area contributed by atoms with E-state index in [1.54, 1.807) is 0 Å².